The van der Waals surface area contributed by atoms with Crippen LogP contribution in [0.25, 0.3) is 0 Å². The summed E-state index contributed by atoms with van der Waals surface area (Å²) in [6.07, 6.45) is 2.50. The lowest BCUT2D eigenvalue weighted by Gasteiger charge is -2.13. The maximum Gasteiger partial charge on any atom is 0.379 e. The molecule has 1 N–H and O–H groups in total. The number of hydrogen-bond donors (Lipinski definition) is 1. The Morgan fingerprint density at radius 3 is 2.47 bits per heavy atom. The first-order valence-electron chi connectivity index (χ1n) is 10.7. The van der Waals surface area contributed by atoms with Gasteiger partial charge in [0.05, 0.1) is 12.1 Å². The van der Waals surface area contributed by atoms with E-state index in [9.17, 15) is 9.59 Å². The number of carbonyl (C=O) groups is 2. The van der Waals surface area contributed by atoms with Gasteiger partial charge in [0, 0.05) is 17.5 Å². The van der Waals surface area contributed by atoms with Crippen LogP contribution in [0.5, 0.6) is 5.75 Å². The van der Waals surface area contributed by atoms with Crippen molar-refractivity contribution in [3.63, 3.8) is 0 Å². The van der Waals surface area contributed by atoms with Gasteiger partial charge in [-0.15, -0.1) is 0 Å². The average Bonchev–Trinajstić information content (AvgIpc) is 3.09. The molecule has 2 aromatic carbocycles. The van der Waals surface area contributed by atoms with E-state index in [1.54, 1.807) is 0 Å². The van der Waals surface area contributed by atoms with Gasteiger partial charge in [0.1, 0.15) is 11.5 Å². The van der Waals surface area contributed by atoms with Crippen LogP contribution in [0.4, 0.5) is 0 Å². The molecule has 1 heterocycles. The maximum absolute atomic E-state index is 12.8. The van der Waals surface area contributed by atoms with Gasteiger partial charge >= 0.3 is 5.97 Å². The minimum Gasteiger partial charge on any atom is -0.453 e. The SMILES string of the molecule is Cc1cc(C)cc(OC(=O)c2oc3c(c2C)/C(=N/NC(=O)Cc2ccccc2)CCC3)c1. The molecule has 1 amide bonds. The van der Waals surface area contributed by atoms with Gasteiger partial charge in [0.2, 0.25) is 11.7 Å². The lowest BCUT2D eigenvalue weighted by Crippen LogP contribution is -2.23. The Bertz CT molecular complexity index is 1170. The normalized spacial score (nSPS) is 14.2. The third-order valence-electron chi connectivity index (χ3n) is 5.44. The number of hydrogen-bond acceptors (Lipinski definition) is 5. The standard InChI is InChI=1S/C26H26N2O4/c1-16-12-17(2)14-20(13-16)31-26(30)25-18(3)24-21(10-7-11-22(24)32-25)27-28-23(29)15-19-8-5-4-6-9-19/h4-6,8-9,12-14H,7,10-11,15H2,1-3H3,(H,28,29)/b27-21+. The van der Waals surface area contributed by atoms with Crippen LogP contribution in [-0.2, 0) is 17.6 Å². The van der Waals surface area contributed by atoms with E-state index in [0.717, 1.165) is 34.4 Å². The molecule has 0 radical (unpaired) electrons. The molecule has 1 aliphatic rings. The predicted molar refractivity (Wildman–Crippen MR) is 122 cm³/mol. The van der Waals surface area contributed by atoms with Crippen molar-refractivity contribution >= 4 is 17.6 Å². The van der Waals surface area contributed by atoms with Crippen LogP contribution in [0, 0.1) is 20.8 Å². The summed E-state index contributed by atoms with van der Waals surface area (Å²) in [6, 6.07) is 15.2. The van der Waals surface area contributed by atoms with Crippen LogP contribution in [0.3, 0.4) is 0 Å². The second-order valence-electron chi connectivity index (χ2n) is 8.18. The molecule has 4 rings (SSSR count). The summed E-state index contributed by atoms with van der Waals surface area (Å²) in [5.41, 5.74) is 7.81. The average molecular weight is 431 g/mol. The zero-order valence-corrected chi connectivity index (χ0v) is 18.5. The first kappa shape index (κ1) is 21.6. The topological polar surface area (TPSA) is 80.9 Å². The van der Waals surface area contributed by atoms with Crippen molar-refractivity contribution in [1.82, 2.24) is 5.43 Å². The summed E-state index contributed by atoms with van der Waals surface area (Å²) in [5.74, 6) is 0.653. The van der Waals surface area contributed by atoms with Crippen molar-refractivity contribution in [2.24, 2.45) is 5.10 Å². The van der Waals surface area contributed by atoms with Gasteiger partial charge in [-0.25, -0.2) is 10.2 Å². The molecule has 3 aromatic rings. The number of aryl methyl sites for hydroxylation is 3. The molecule has 0 spiro atoms. The number of ether oxygens (including phenoxy) is 1. The van der Waals surface area contributed by atoms with Crippen molar-refractivity contribution in [1.29, 1.82) is 0 Å². The van der Waals surface area contributed by atoms with Crippen molar-refractivity contribution < 1.29 is 18.7 Å². The number of rotatable bonds is 5. The van der Waals surface area contributed by atoms with E-state index >= 15 is 0 Å². The molecule has 0 unspecified atom stereocenters. The van der Waals surface area contributed by atoms with E-state index in [1.165, 1.54) is 0 Å². The zero-order valence-electron chi connectivity index (χ0n) is 18.5. The van der Waals surface area contributed by atoms with E-state index < -0.39 is 5.97 Å². The fourth-order valence-corrected chi connectivity index (χ4v) is 4.07. The van der Waals surface area contributed by atoms with Crippen molar-refractivity contribution in [3.05, 3.63) is 87.9 Å². The molecule has 0 fully saturated rings. The van der Waals surface area contributed by atoms with E-state index in [2.05, 4.69) is 10.5 Å². The summed E-state index contributed by atoms with van der Waals surface area (Å²) >= 11 is 0. The van der Waals surface area contributed by atoms with Crippen molar-refractivity contribution in [3.8, 4) is 5.75 Å². The first-order chi connectivity index (χ1) is 15.4. The number of fused-ring (bicyclic) bond motifs is 1. The summed E-state index contributed by atoms with van der Waals surface area (Å²) in [5, 5.41) is 4.37. The number of nitrogens with zero attached hydrogens (tertiary/aromatic N) is 1. The molecule has 0 aliphatic heterocycles. The Kier molecular flexibility index (Phi) is 6.21. The smallest absolute Gasteiger partial charge is 0.379 e. The Hall–Kier alpha value is -3.67. The lowest BCUT2D eigenvalue weighted by atomic mass is 9.93. The molecule has 0 saturated carbocycles. The number of benzene rings is 2. The molecule has 32 heavy (non-hydrogen) atoms. The summed E-state index contributed by atoms with van der Waals surface area (Å²) < 4.78 is 11.5. The van der Waals surface area contributed by atoms with Crippen LogP contribution in [0.2, 0.25) is 0 Å². The molecule has 0 atom stereocenters. The number of nitrogens with one attached hydrogen (secondary N) is 1. The molecule has 1 aromatic heterocycles. The number of hydrazone groups is 1. The predicted octanol–water partition coefficient (Wildman–Crippen LogP) is 4.82. The van der Waals surface area contributed by atoms with Gasteiger partial charge in [0.15, 0.2) is 0 Å². The summed E-state index contributed by atoms with van der Waals surface area (Å²) in [4.78, 5) is 25.1. The zero-order chi connectivity index (χ0) is 22.7. The van der Waals surface area contributed by atoms with Crippen LogP contribution in [0.15, 0.2) is 58.0 Å². The lowest BCUT2D eigenvalue weighted by molar-refractivity contribution is -0.120. The summed E-state index contributed by atoms with van der Waals surface area (Å²) in [7, 11) is 0. The van der Waals surface area contributed by atoms with E-state index in [1.807, 2.05) is 69.3 Å². The summed E-state index contributed by atoms with van der Waals surface area (Å²) in [6.45, 7) is 5.74. The van der Waals surface area contributed by atoms with Crippen molar-refractivity contribution in [2.45, 2.75) is 46.5 Å². The Labute approximate surface area is 187 Å². The van der Waals surface area contributed by atoms with E-state index in [4.69, 9.17) is 9.15 Å². The van der Waals surface area contributed by atoms with Gasteiger partial charge in [-0.05, 0) is 62.4 Å². The molecule has 0 bridgehead atoms. The highest BCUT2D eigenvalue weighted by molar-refractivity contribution is 6.06. The van der Waals surface area contributed by atoms with Gasteiger partial charge in [0.25, 0.3) is 0 Å². The highest BCUT2D eigenvalue weighted by Crippen LogP contribution is 2.30. The molecular formula is C26H26N2O4. The minimum absolute atomic E-state index is 0.180. The Balaban J connectivity index is 1.52. The third-order valence-corrected chi connectivity index (χ3v) is 5.44. The molecule has 164 valence electrons. The van der Waals surface area contributed by atoms with E-state index in [0.29, 0.717) is 29.9 Å². The second-order valence-corrected chi connectivity index (χ2v) is 8.18. The van der Waals surface area contributed by atoms with Gasteiger partial charge in [-0.2, -0.15) is 5.10 Å². The number of amides is 1. The van der Waals surface area contributed by atoms with Gasteiger partial charge < -0.3 is 9.15 Å². The van der Waals surface area contributed by atoms with Crippen LogP contribution >= 0.6 is 0 Å². The van der Waals surface area contributed by atoms with Gasteiger partial charge in [-0.1, -0.05) is 36.4 Å². The number of esters is 1. The largest absolute Gasteiger partial charge is 0.453 e. The maximum atomic E-state index is 12.8. The number of carbonyl (C=O) groups excluding carboxylic acids is 2. The molecule has 1 aliphatic carbocycles. The fourth-order valence-electron chi connectivity index (χ4n) is 4.07. The first-order valence-corrected chi connectivity index (χ1v) is 10.7. The van der Waals surface area contributed by atoms with Crippen LogP contribution < -0.4 is 10.2 Å². The highest BCUT2D eigenvalue weighted by Gasteiger charge is 2.29. The second kappa shape index (κ2) is 9.22. The molecular weight excluding hydrogens is 404 g/mol. The van der Waals surface area contributed by atoms with Crippen LogP contribution in [-0.4, -0.2) is 17.6 Å². The fraction of sp³-hybridized carbons (Fsp3) is 0.269. The minimum atomic E-state index is -0.533. The van der Waals surface area contributed by atoms with E-state index in [-0.39, 0.29) is 18.1 Å². The quantitative estimate of drug-likeness (QED) is 0.357. The Morgan fingerprint density at radius 2 is 1.75 bits per heavy atom. The number of furan rings is 1. The monoisotopic (exact) mass is 430 g/mol. The molecule has 6 heteroatoms. The van der Waals surface area contributed by atoms with Gasteiger partial charge in [-0.3, -0.25) is 4.79 Å². The third kappa shape index (κ3) is 4.80. The van der Waals surface area contributed by atoms with Crippen LogP contribution in [0.1, 0.15) is 57.0 Å². The highest BCUT2D eigenvalue weighted by atomic mass is 16.5. The molecule has 0 saturated heterocycles. The molecule has 6 nitrogen and oxygen atoms in total. The van der Waals surface area contributed by atoms with Crippen molar-refractivity contribution in [2.75, 3.05) is 0 Å². The Morgan fingerprint density at radius 1 is 1.03 bits per heavy atom.